The van der Waals surface area contributed by atoms with Gasteiger partial charge in [-0.3, -0.25) is 0 Å². The van der Waals surface area contributed by atoms with Gasteiger partial charge in [0.25, 0.3) is 0 Å². The zero-order valence-corrected chi connectivity index (χ0v) is 15.6. The number of urea groups is 1. The first-order valence-electron chi connectivity index (χ1n) is 9.74. The second-order valence-electron chi connectivity index (χ2n) is 7.60. The molecule has 1 aromatic rings. The van der Waals surface area contributed by atoms with E-state index in [4.69, 9.17) is 0 Å². The van der Waals surface area contributed by atoms with E-state index < -0.39 is 0 Å². The van der Waals surface area contributed by atoms with E-state index in [0.717, 1.165) is 43.9 Å². The number of carbonyl (C=O) groups excluding carboxylic acids is 1. The van der Waals surface area contributed by atoms with Gasteiger partial charge in [0.1, 0.15) is 0 Å². The Morgan fingerprint density at radius 2 is 1.64 bits per heavy atom. The van der Waals surface area contributed by atoms with Crippen molar-refractivity contribution in [3.63, 3.8) is 0 Å². The van der Waals surface area contributed by atoms with Crippen molar-refractivity contribution in [1.29, 1.82) is 0 Å². The number of amides is 2. The quantitative estimate of drug-likeness (QED) is 0.871. The molecule has 2 heterocycles. The first kappa shape index (κ1) is 18.1. The number of likely N-dealkylation sites (tertiary alicyclic amines) is 2. The number of nitrogens with one attached hydrogen (secondary N) is 2. The lowest BCUT2D eigenvalue weighted by molar-refractivity contribution is 0.190. The molecule has 0 bridgehead atoms. The van der Waals surface area contributed by atoms with Gasteiger partial charge in [-0.1, -0.05) is 12.8 Å². The molecule has 2 N–H and O–H groups in total. The number of carbonyl (C=O) groups is 1. The lowest BCUT2D eigenvalue weighted by Gasteiger charge is -2.35. The minimum atomic E-state index is 0.0340. The third-order valence-corrected chi connectivity index (χ3v) is 5.61. The van der Waals surface area contributed by atoms with Gasteiger partial charge in [0.15, 0.2) is 0 Å². The van der Waals surface area contributed by atoms with Crippen LogP contribution in [0.2, 0.25) is 0 Å². The normalized spacial score (nSPS) is 25.3. The van der Waals surface area contributed by atoms with E-state index in [2.05, 4.69) is 41.6 Å². The molecule has 138 valence electrons. The molecule has 0 aromatic heterocycles. The molecule has 0 radical (unpaired) electrons. The highest BCUT2D eigenvalue weighted by molar-refractivity contribution is 5.89. The van der Waals surface area contributed by atoms with E-state index in [1.807, 2.05) is 17.0 Å². The van der Waals surface area contributed by atoms with Crippen LogP contribution in [0.3, 0.4) is 0 Å². The number of anilines is 2. The molecule has 2 atom stereocenters. The van der Waals surface area contributed by atoms with Crippen LogP contribution in [0.25, 0.3) is 0 Å². The Balaban J connectivity index is 1.50. The first-order chi connectivity index (χ1) is 12.1. The summed E-state index contributed by atoms with van der Waals surface area (Å²) in [5.74, 6) is 0. The maximum atomic E-state index is 12.4. The molecule has 25 heavy (non-hydrogen) atoms. The Morgan fingerprint density at radius 3 is 2.28 bits per heavy atom. The van der Waals surface area contributed by atoms with Gasteiger partial charge in [-0.05, 0) is 63.9 Å². The third-order valence-electron chi connectivity index (χ3n) is 5.61. The molecular weight excluding hydrogens is 312 g/mol. The number of hydrogen-bond donors (Lipinski definition) is 2. The summed E-state index contributed by atoms with van der Waals surface area (Å²) >= 11 is 0. The fourth-order valence-corrected chi connectivity index (χ4v) is 3.78. The van der Waals surface area contributed by atoms with Crippen LogP contribution in [-0.2, 0) is 0 Å². The van der Waals surface area contributed by atoms with E-state index >= 15 is 0 Å². The van der Waals surface area contributed by atoms with Gasteiger partial charge in [0, 0.05) is 43.1 Å². The second-order valence-corrected chi connectivity index (χ2v) is 7.60. The van der Waals surface area contributed by atoms with Gasteiger partial charge in [-0.2, -0.15) is 0 Å². The Hall–Kier alpha value is -1.75. The molecule has 0 aliphatic carbocycles. The molecule has 2 fully saturated rings. The number of piperidine rings is 1. The Kier molecular flexibility index (Phi) is 6.19. The largest absolute Gasteiger partial charge is 0.382 e. The predicted octanol–water partition coefficient (Wildman–Crippen LogP) is 3.99. The predicted molar refractivity (Wildman–Crippen MR) is 104 cm³/mol. The lowest BCUT2D eigenvalue weighted by atomic mass is 9.98. The molecule has 0 spiro atoms. The van der Waals surface area contributed by atoms with Gasteiger partial charge in [0.2, 0.25) is 0 Å². The van der Waals surface area contributed by atoms with Crippen LogP contribution in [0, 0.1) is 0 Å². The Labute approximate surface area is 151 Å². The van der Waals surface area contributed by atoms with Crippen LogP contribution in [-0.4, -0.2) is 54.6 Å². The SMILES string of the molecule is C[C@@H]1C[C@H](Nc2ccc(NC(=O)N3CCCCCC3)cc2)CCN1C. The minimum Gasteiger partial charge on any atom is -0.382 e. The van der Waals surface area contributed by atoms with Crippen molar-refractivity contribution in [2.75, 3.05) is 37.3 Å². The molecule has 0 saturated carbocycles. The summed E-state index contributed by atoms with van der Waals surface area (Å²) in [6.07, 6.45) is 7.05. The fourth-order valence-electron chi connectivity index (χ4n) is 3.78. The van der Waals surface area contributed by atoms with Crippen LogP contribution in [0.1, 0.15) is 45.4 Å². The van der Waals surface area contributed by atoms with Crippen LogP contribution < -0.4 is 10.6 Å². The summed E-state index contributed by atoms with van der Waals surface area (Å²) < 4.78 is 0. The van der Waals surface area contributed by atoms with E-state index in [-0.39, 0.29) is 6.03 Å². The van der Waals surface area contributed by atoms with Gasteiger partial charge in [-0.15, -0.1) is 0 Å². The molecule has 2 aliphatic heterocycles. The van der Waals surface area contributed by atoms with Crippen molar-refractivity contribution in [2.45, 2.75) is 57.5 Å². The Bertz CT molecular complexity index is 551. The second kappa shape index (κ2) is 8.56. The number of hydrogen-bond acceptors (Lipinski definition) is 3. The highest BCUT2D eigenvalue weighted by Crippen LogP contribution is 2.21. The fraction of sp³-hybridized carbons (Fsp3) is 0.650. The number of rotatable bonds is 3. The molecule has 2 aliphatic rings. The van der Waals surface area contributed by atoms with E-state index in [1.165, 1.54) is 25.7 Å². The lowest BCUT2D eigenvalue weighted by Crippen LogP contribution is -2.42. The molecule has 2 amide bonds. The molecule has 5 nitrogen and oxygen atoms in total. The molecule has 2 saturated heterocycles. The summed E-state index contributed by atoms with van der Waals surface area (Å²) in [4.78, 5) is 16.7. The summed E-state index contributed by atoms with van der Waals surface area (Å²) in [7, 11) is 2.20. The maximum absolute atomic E-state index is 12.4. The average molecular weight is 345 g/mol. The molecule has 0 unspecified atom stereocenters. The average Bonchev–Trinajstić information content (AvgIpc) is 2.89. The summed E-state index contributed by atoms with van der Waals surface area (Å²) in [6.45, 7) is 5.18. The van der Waals surface area contributed by atoms with Crippen molar-refractivity contribution in [2.24, 2.45) is 0 Å². The van der Waals surface area contributed by atoms with Crippen molar-refractivity contribution >= 4 is 17.4 Å². The molecule has 3 rings (SSSR count). The molecular formula is C20H32N4O. The van der Waals surface area contributed by atoms with Gasteiger partial charge >= 0.3 is 6.03 Å². The summed E-state index contributed by atoms with van der Waals surface area (Å²) in [6, 6.07) is 9.32. The van der Waals surface area contributed by atoms with E-state index in [0.29, 0.717) is 12.1 Å². The minimum absolute atomic E-state index is 0.0340. The summed E-state index contributed by atoms with van der Waals surface area (Å²) in [5, 5.41) is 6.67. The standard InChI is InChI=1S/C20H32N4O/c1-16-15-19(11-14-23(16)2)21-17-7-9-18(10-8-17)22-20(25)24-12-5-3-4-6-13-24/h7-10,16,19,21H,3-6,11-15H2,1-2H3,(H,22,25)/t16-,19-/m1/s1. The molecule has 5 heteroatoms. The smallest absolute Gasteiger partial charge is 0.321 e. The van der Waals surface area contributed by atoms with Gasteiger partial charge in [0.05, 0.1) is 0 Å². The molecule has 1 aromatic carbocycles. The Morgan fingerprint density at radius 1 is 1.00 bits per heavy atom. The van der Waals surface area contributed by atoms with Crippen LogP contribution in [0.5, 0.6) is 0 Å². The number of benzene rings is 1. The van der Waals surface area contributed by atoms with Crippen molar-refractivity contribution in [1.82, 2.24) is 9.80 Å². The van der Waals surface area contributed by atoms with Gasteiger partial charge in [-0.25, -0.2) is 4.79 Å². The topological polar surface area (TPSA) is 47.6 Å². The van der Waals surface area contributed by atoms with Crippen LogP contribution >= 0.6 is 0 Å². The highest BCUT2D eigenvalue weighted by Gasteiger charge is 2.22. The first-order valence-corrected chi connectivity index (χ1v) is 9.74. The van der Waals surface area contributed by atoms with Crippen molar-refractivity contribution < 1.29 is 4.79 Å². The van der Waals surface area contributed by atoms with Crippen molar-refractivity contribution in [3.8, 4) is 0 Å². The zero-order valence-electron chi connectivity index (χ0n) is 15.6. The summed E-state index contributed by atoms with van der Waals surface area (Å²) in [5.41, 5.74) is 2.01. The van der Waals surface area contributed by atoms with Crippen LogP contribution in [0.15, 0.2) is 24.3 Å². The zero-order chi connectivity index (χ0) is 17.6. The monoisotopic (exact) mass is 344 g/mol. The van der Waals surface area contributed by atoms with Crippen LogP contribution in [0.4, 0.5) is 16.2 Å². The van der Waals surface area contributed by atoms with Gasteiger partial charge < -0.3 is 20.4 Å². The number of nitrogens with zero attached hydrogens (tertiary/aromatic N) is 2. The van der Waals surface area contributed by atoms with E-state index in [9.17, 15) is 4.79 Å². The van der Waals surface area contributed by atoms with E-state index in [1.54, 1.807) is 0 Å². The highest BCUT2D eigenvalue weighted by atomic mass is 16.2. The van der Waals surface area contributed by atoms with Crippen molar-refractivity contribution in [3.05, 3.63) is 24.3 Å². The maximum Gasteiger partial charge on any atom is 0.321 e. The third kappa shape index (κ3) is 5.11.